The third-order valence-corrected chi connectivity index (χ3v) is 6.48. The van der Waals surface area contributed by atoms with E-state index >= 15 is 0 Å². The highest BCUT2D eigenvalue weighted by molar-refractivity contribution is 7.91. The number of nitrogens with zero attached hydrogens (tertiary/aromatic N) is 1. The summed E-state index contributed by atoms with van der Waals surface area (Å²) in [5.41, 5.74) is 0.798. The molecular weight excluding hydrogens is 386 g/mol. The summed E-state index contributed by atoms with van der Waals surface area (Å²) in [6.45, 7) is 0.503. The molecule has 0 unspecified atom stereocenters. The van der Waals surface area contributed by atoms with Crippen LogP contribution in [0.25, 0.3) is 10.9 Å². The van der Waals surface area contributed by atoms with E-state index in [1.807, 2.05) is 30.3 Å². The van der Waals surface area contributed by atoms with Crippen LogP contribution in [0.15, 0.2) is 58.3 Å². The lowest BCUT2D eigenvalue weighted by Gasteiger charge is -2.09. The van der Waals surface area contributed by atoms with Crippen molar-refractivity contribution in [2.75, 3.05) is 19.7 Å². The predicted molar refractivity (Wildman–Crippen MR) is 104 cm³/mol. The van der Waals surface area contributed by atoms with Crippen LogP contribution in [0.1, 0.15) is 6.42 Å². The van der Waals surface area contributed by atoms with E-state index in [9.17, 15) is 13.2 Å². The Hall–Kier alpha value is -2.49. The first-order chi connectivity index (χ1) is 13.1. The minimum atomic E-state index is -3.63. The molecule has 0 bridgehead atoms. The van der Waals surface area contributed by atoms with Crippen LogP contribution in [-0.4, -0.2) is 39.0 Å². The molecule has 7 nitrogen and oxygen atoms in total. The van der Waals surface area contributed by atoms with Crippen molar-refractivity contribution >= 4 is 38.2 Å². The maximum atomic E-state index is 11.9. The maximum absolute atomic E-state index is 11.9. The number of amides is 1. The molecule has 1 aromatic carbocycles. The Balaban J connectivity index is 1.38. The fourth-order valence-corrected chi connectivity index (χ4v) is 4.41. The third kappa shape index (κ3) is 5.25. The van der Waals surface area contributed by atoms with E-state index in [0.29, 0.717) is 25.3 Å². The Morgan fingerprint density at radius 3 is 2.81 bits per heavy atom. The van der Waals surface area contributed by atoms with Gasteiger partial charge in [0.05, 0.1) is 13.2 Å². The summed E-state index contributed by atoms with van der Waals surface area (Å²) in [7, 11) is -3.63. The van der Waals surface area contributed by atoms with Gasteiger partial charge >= 0.3 is 0 Å². The monoisotopic (exact) mass is 405 g/mol. The standard InChI is InChI=1S/C18H19N3O4S2/c22-16(13-21-27(23,24)17-8-3-12-26-17)19-10-4-11-25-15-7-1-5-14-6-2-9-20-18(14)15/h1-3,5-9,12,21H,4,10-11,13H2,(H,19,22). The van der Waals surface area contributed by atoms with Gasteiger partial charge in [-0.2, -0.15) is 0 Å². The molecule has 3 rings (SSSR count). The fraction of sp³-hybridized carbons (Fsp3) is 0.222. The van der Waals surface area contributed by atoms with Gasteiger partial charge in [0.15, 0.2) is 0 Å². The molecule has 3 aromatic rings. The average molecular weight is 406 g/mol. The van der Waals surface area contributed by atoms with Crippen molar-refractivity contribution in [3.63, 3.8) is 0 Å². The first-order valence-electron chi connectivity index (χ1n) is 8.33. The largest absolute Gasteiger partial charge is 0.491 e. The number of hydrogen-bond donors (Lipinski definition) is 2. The fourth-order valence-electron chi connectivity index (χ4n) is 2.39. The van der Waals surface area contributed by atoms with Gasteiger partial charge in [-0.3, -0.25) is 9.78 Å². The van der Waals surface area contributed by atoms with Crippen molar-refractivity contribution in [1.29, 1.82) is 0 Å². The maximum Gasteiger partial charge on any atom is 0.250 e. The van der Waals surface area contributed by atoms with E-state index in [4.69, 9.17) is 4.74 Å². The van der Waals surface area contributed by atoms with Gasteiger partial charge in [-0.15, -0.1) is 11.3 Å². The molecule has 0 atom stereocenters. The summed E-state index contributed by atoms with van der Waals surface area (Å²) in [5, 5.41) is 5.33. The third-order valence-electron chi connectivity index (χ3n) is 3.68. The van der Waals surface area contributed by atoms with Crippen molar-refractivity contribution in [2.45, 2.75) is 10.6 Å². The average Bonchev–Trinajstić information content (AvgIpc) is 3.22. The number of ether oxygens (including phenoxy) is 1. The van der Waals surface area contributed by atoms with Gasteiger partial charge in [-0.1, -0.05) is 24.3 Å². The Bertz CT molecular complexity index is 999. The number of benzene rings is 1. The van der Waals surface area contributed by atoms with Crippen LogP contribution in [0.5, 0.6) is 5.75 Å². The quantitative estimate of drug-likeness (QED) is 0.532. The van der Waals surface area contributed by atoms with Gasteiger partial charge in [0.2, 0.25) is 5.91 Å². The molecule has 0 saturated heterocycles. The molecule has 2 N–H and O–H groups in total. The van der Waals surface area contributed by atoms with Crippen molar-refractivity contribution in [3.05, 3.63) is 54.0 Å². The predicted octanol–water partition coefficient (Wildman–Crippen LogP) is 2.16. The SMILES string of the molecule is O=C(CNS(=O)(=O)c1cccs1)NCCCOc1cccc2cccnc12. The molecule has 0 aliphatic rings. The number of para-hydroxylation sites is 1. The summed E-state index contributed by atoms with van der Waals surface area (Å²) >= 11 is 1.10. The lowest BCUT2D eigenvalue weighted by atomic mass is 10.2. The second-order valence-corrected chi connectivity index (χ2v) is 8.58. The van der Waals surface area contributed by atoms with Crippen molar-refractivity contribution in [3.8, 4) is 5.75 Å². The molecule has 0 spiro atoms. The number of fused-ring (bicyclic) bond motifs is 1. The first-order valence-corrected chi connectivity index (χ1v) is 10.7. The number of thiophene rings is 1. The zero-order valence-electron chi connectivity index (χ0n) is 14.4. The summed E-state index contributed by atoms with van der Waals surface area (Å²) in [6, 6.07) is 12.7. The van der Waals surface area contributed by atoms with Crippen LogP contribution in [0.3, 0.4) is 0 Å². The van der Waals surface area contributed by atoms with Crippen LogP contribution in [0, 0.1) is 0 Å². The topological polar surface area (TPSA) is 97.4 Å². The molecule has 9 heteroatoms. The number of nitrogens with one attached hydrogen (secondary N) is 2. The van der Waals surface area contributed by atoms with Crippen molar-refractivity contribution < 1.29 is 17.9 Å². The number of rotatable bonds is 9. The van der Waals surface area contributed by atoms with Crippen molar-refractivity contribution in [1.82, 2.24) is 15.0 Å². The summed E-state index contributed by atoms with van der Waals surface area (Å²) < 4.78 is 32.1. The van der Waals surface area contributed by atoms with Gasteiger partial charge in [-0.25, -0.2) is 13.1 Å². The van der Waals surface area contributed by atoms with Crippen LogP contribution < -0.4 is 14.8 Å². The Morgan fingerprint density at radius 1 is 1.15 bits per heavy atom. The minimum Gasteiger partial charge on any atom is -0.491 e. The highest BCUT2D eigenvalue weighted by Crippen LogP contribution is 2.22. The van der Waals surface area contributed by atoms with Crippen molar-refractivity contribution in [2.24, 2.45) is 0 Å². The highest BCUT2D eigenvalue weighted by Gasteiger charge is 2.16. The number of pyridine rings is 1. The number of aromatic nitrogens is 1. The number of carbonyl (C=O) groups excluding carboxylic acids is 1. The van der Waals surface area contributed by atoms with E-state index in [1.54, 1.807) is 17.6 Å². The Morgan fingerprint density at radius 2 is 2.00 bits per heavy atom. The number of hydrogen-bond acceptors (Lipinski definition) is 6. The molecule has 2 heterocycles. The molecule has 0 saturated carbocycles. The molecule has 0 aliphatic carbocycles. The van der Waals surface area contributed by atoms with E-state index in [0.717, 1.165) is 22.2 Å². The van der Waals surface area contributed by atoms with E-state index in [-0.39, 0.29) is 16.7 Å². The Labute approximate surface area is 161 Å². The second-order valence-electron chi connectivity index (χ2n) is 5.64. The van der Waals surface area contributed by atoms with Crippen LogP contribution in [0.2, 0.25) is 0 Å². The van der Waals surface area contributed by atoms with Gasteiger partial charge in [0.1, 0.15) is 15.5 Å². The van der Waals surface area contributed by atoms with Crippen LogP contribution in [0.4, 0.5) is 0 Å². The second kappa shape index (κ2) is 8.94. The summed E-state index contributed by atoms with van der Waals surface area (Å²) in [5.74, 6) is 0.310. The smallest absolute Gasteiger partial charge is 0.250 e. The molecule has 0 fully saturated rings. The lowest BCUT2D eigenvalue weighted by molar-refractivity contribution is -0.119. The van der Waals surface area contributed by atoms with Crippen LogP contribution in [-0.2, 0) is 14.8 Å². The van der Waals surface area contributed by atoms with Gasteiger partial charge < -0.3 is 10.1 Å². The Kier molecular flexibility index (Phi) is 6.38. The minimum absolute atomic E-state index is 0.187. The zero-order valence-corrected chi connectivity index (χ0v) is 16.1. The first kappa shape index (κ1) is 19.3. The van der Waals surface area contributed by atoms with Gasteiger partial charge in [0, 0.05) is 18.1 Å². The van der Waals surface area contributed by atoms with E-state index in [2.05, 4.69) is 15.0 Å². The lowest BCUT2D eigenvalue weighted by Crippen LogP contribution is -2.37. The van der Waals surface area contributed by atoms with Gasteiger partial charge in [0.25, 0.3) is 10.0 Å². The summed E-state index contributed by atoms with van der Waals surface area (Å²) in [4.78, 5) is 16.1. The highest BCUT2D eigenvalue weighted by atomic mass is 32.2. The molecule has 142 valence electrons. The summed E-state index contributed by atoms with van der Waals surface area (Å²) in [6.07, 6.45) is 2.30. The van der Waals surface area contributed by atoms with Crippen LogP contribution >= 0.6 is 11.3 Å². The molecule has 27 heavy (non-hydrogen) atoms. The molecule has 0 aliphatic heterocycles. The molecule has 0 radical (unpaired) electrons. The number of sulfonamides is 1. The van der Waals surface area contributed by atoms with Gasteiger partial charge in [-0.05, 0) is 30.0 Å². The van der Waals surface area contributed by atoms with E-state index < -0.39 is 10.0 Å². The molecule has 2 aromatic heterocycles. The molecule has 1 amide bonds. The number of carbonyl (C=O) groups is 1. The van der Waals surface area contributed by atoms with E-state index in [1.165, 1.54) is 6.07 Å². The molecular formula is C18H19N3O4S2. The normalized spacial score (nSPS) is 11.4. The zero-order chi connectivity index (χ0) is 19.1.